The molecule has 1 aliphatic carbocycles. The molecule has 1 saturated carbocycles. The summed E-state index contributed by atoms with van der Waals surface area (Å²) >= 11 is 0. The normalized spacial score (nSPS) is 27.3. The molecule has 0 bridgehead atoms. The smallest absolute Gasteiger partial charge is 0.410 e. The molecule has 0 aromatic carbocycles. The first-order valence-electron chi connectivity index (χ1n) is 8.49. The van der Waals surface area contributed by atoms with Gasteiger partial charge in [-0.2, -0.15) is 0 Å². The van der Waals surface area contributed by atoms with Crippen LogP contribution < -0.4 is 0 Å². The molecule has 4 heteroatoms. The minimum absolute atomic E-state index is 0.0408. The monoisotopic (exact) mass is 297 g/mol. The van der Waals surface area contributed by atoms with Crippen LogP contribution in [0.2, 0.25) is 0 Å². The van der Waals surface area contributed by atoms with E-state index in [2.05, 4.69) is 0 Å². The van der Waals surface area contributed by atoms with Gasteiger partial charge in [-0.05, 0) is 45.4 Å². The summed E-state index contributed by atoms with van der Waals surface area (Å²) < 4.78 is 5.46. The molecule has 2 rings (SSSR count). The lowest BCUT2D eigenvalue weighted by Gasteiger charge is -2.27. The molecule has 1 amide bonds. The van der Waals surface area contributed by atoms with E-state index < -0.39 is 5.60 Å². The summed E-state index contributed by atoms with van der Waals surface area (Å²) in [5.41, 5.74) is -0.473. The molecule has 2 fully saturated rings. The number of amides is 1. The van der Waals surface area contributed by atoms with Crippen molar-refractivity contribution in [2.45, 2.75) is 77.4 Å². The third-order valence-corrected chi connectivity index (χ3v) is 4.80. The maximum absolute atomic E-state index is 12.2. The summed E-state index contributed by atoms with van der Waals surface area (Å²) in [6.07, 6.45) is 8.65. The van der Waals surface area contributed by atoms with Crippen LogP contribution in [0.3, 0.4) is 0 Å². The predicted octanol–water partition coefficient (Wildman–Crippen LogP) is 3.57. The largest absolute Gasteiger partial charge is 0.444 e. The summed E-state index contributed by atoms with van der Waals surface area (Å²) in [5.74, 6) is 1.42. The second-order valence-electron chi connectivity index (χ2n) is 7.80. The van der Waals surface area contributed by atoms with Crippen molar-refractivity contribution in [1.29, 1.82) is 0 Å². The van der Waals surface area contributed by atoms with Gasteiger partial charge in [0.15, 0.2) is 0 Å². The highest BCUT2D eigenvalue weighted by atomic mass is 16.6. The van der Waals surface area contributed by atoms with Gasteiger partial charge < -0.3 is 14.7 Å². The Morgan fingerprint density at radius 3 is 2.38 bits per heavy atom. The molecule has 1 unspecified atom stereocenters. The van der Waals surface area contributed by atoms with Crippen LogP contribution >= 0.6 is 0 Å². The lowest BCUT2D eigenvalue weighted by atomic mass is 9.93. The van der Waals surface area contributed by atoms with Gasteiger partial charge in [0.2, 0.25) is 0 Å². The Kier molecular flexibility index (Phi) is 5.53. The van der Waals surface area contributed by atoms with Crippen molar-refractivity contribution in [3.8, 4) is 0 Å². The molecule has 2 atom stereocenters. The van der Waals surface area contributed by atoms with E-state index in [1.165, 1.54) is 38.5 Å². The van der Waals surface area contributed by atoms with Gasteiger partial charge >= 0.3 is 6.09 Å². The molecule has 122 valence electrons. The highest BCUT2D eigenvalue weighted by Gasteiger charge is 2.37. The number of ether oxygens (including phenoxy) is 1. The summed E-state index contributed by atoms with van der Waals surface area (Å²) in [7, 11) is 0. The van der Waals surface area contributed by atoms with Crippen molar-refractivity contribution in [2.24, 2.45) is 11.8 Å². The number of aliphatic hydroxyl groups is 1. The molecule has 2 aliphatic rings. The Hall–Kier alpha value is -0.770. The van der Waals surface area contributed by atoms with E-state index in [0.717, 1.165) is 18.9 Å². The Morgan fingerprint density at radius 2 is 1.81 bits per heavy atom. The minimum atomic E-state index is -0.473. The van der Waals surface area contributed by atoms with Crippen LogP contribution in [0.15, 0.2) is 0 Å². The highest BCUT2D eigenvalue weighted by molar-refractivity contribution is 5.69. The van der Waals surface area contributed by atoms with Crippen molar-refractivity contribution in [3.05, 3.63) is 0 Å². The zero-order valence-electron chi connectivity index (χ0n) is 13.8. The minimum Gasteiger partial charge on any atom is -0.444 e. The molecule has 0 aromatic rings. The first-order valence-corrected chi connectivity index (χ1v) is 8.49. The van der Waals surface area contributed by atoms with Crippen LogP contribution in [-0.4, -0.2) is 40.9 Å². The van der Waals surface area contributed by atoms with Gasteiger partial charge in [0.05, 0.1) is 12.6 Å². The van der Waals surface area contributed by atoms with Crippen LogP contribution in [0.4, 0.5) is 4.79 Å². The Balaban J connectivity index is 1.83. The molecule has 1 saturated heterocycles. The molecule has 1 aliphatic heterocycles. The number of aliphatic hydroxyl groups excluding tert-OH is 1. The van der Waals surface area contributed by atoms with E-state index in [1.807, 2.05) is 20.8 Å². The van der Waals surface area contributed by atoms with Gasteiger partial charge in [0.1, 0.15) is 5.60 Å². The molecule has 0 spiro atoms. The molecule has 0 aromatic heterocycles. The molecule has 1 heterocycles. The number of hydrogen-bond acceptors (Lipinski definition) is 3. The number of likely N-dealkylation sites (tertiary alicyclic amines) is 1. The molecular weight excluding hydrogens is 266 g/mol. The molecule has 4 nitrogen and oxygen atoms in total. The highest BCUT2D eigenvalue weighted by Crippen LogP contribution is 2.34. The Morgan fingerprint density at radius 1 is 1.19 bits per heavy atom. The van der Waals surface area contributed by atoms with Crippen molar-refractivity contribution >= 4 is 6.09 Å². The molecule has 1 N–H and O–H groups in total. The van der Waals surface area contributed by atoms with Crippen molar-refractivity contribution in [3.63, 3.8) is 0 Å². The van der Waals surface area contributed by atoms with Crippen molar-refractivity contribution in [1.82, 2.24) is 4.90 Å². The van der Waals surface area contributed by atoms with Crippen LogP contribution in [0.25, 0.3) is 0 Å². The topological polar surface area (TPSA) is 49.8 Å². The van der Waals surface area contributed by atoms with E-state index >= 15 is 0 Å². The maximum atomic E-state index is 12.2. The van der Waals surface area contributed by atoms with E-state index in [0.29, 0.717) is 5.92 Å². The average Bonchev–Trinajstić information content (AvgIpc) is 3.03. The Bertz CT molecular complexity index is 344. The van der Waals surface area contributed by atoms with Crippen LogP contribution in [-0.2, 0) is 4.74 Å². The SMILES string of the molecule is CC(C)(C)OC(=O)N1CC(CCC2CCCC2)C[C@H]1CO. The number of hydrogen-bond donors (Lipinski definition) is 1. The van der Waals surface area contributed by atoms with Crippen molar-refractivity contribution < 1.29 is 14.6 Å². The van der Waals surface area contributed by atoms with E-state index in [4.69, 9.17) is 4.74 Å². The number of carbonyl (C=O) groups excluding carboxylic acids is 1. The number of nitrogens with zero attached hydrogens (tertiary/aromatic N) is 1. The van der Waals surface area contributed by atoms with Crippen LogP contribution in [0, 0.1) is 11.8 Å². The molecule has 21 heavy (non-hydrogen) atoms. The van der Waals surface area contributed by atoms with Gasteiger partial charge in [-0.25, -0.2) is 4.79 Å². The van der Waals surface area contributed by atoms with Gasteiger partial charge in [0.25, 0.3) is 0 Å². The maximum Gasteiger partial charge on any atom is 0.410 e. The number of carbonyl (C=O) groups is 1. The fourth-order valence-corrected chi connectivity index (χ4v) is 3.71. The second kappa shape index (κ2) is 6.99. The lowest BCUT2D eigenvalue weighted by Crippen LogP contribution is -2.41. The van der Waals surface area contributed by atoms with E-state index in [9.17, 15) is 9.90 Å². The summed E-state index contributed by atoms with van der Waals surface area (Å²) in [6, 6.07) is -0.0616. The van der Waals surface area contributed by atoms with E-state index in [-0.39, 0.29) is 18.7 Å². The third-order valence-electron chi connectivity index (χ3n) is 4.80. The number of rotatable bonds is 4. The summed E-state index contributed by atoms with van der Waals surface area (Å²) in [6.45, 7) is 6.43. The average molecular weight is 297 g/mol. The van der Waals surface area contributed by atoms with Crippen molar-refractivity contribution in [2.75, 3.05) is 13.2 Å². The van der Waals surface area contributed by atoms with Crippen LogP contribution in [0.5, 0.6) is 0 Å². The van der Waals surface area contributed by atoms with E-state index in [1.54, 1.807) is 4.90 Å². The molecule has 0 radical (unpaired) electrons. The van der Waals surface area contributed by atoms with Gasteiger partial charge in [0, 0.05) is 6.54 Å². The zero-order valence-corrected chi connectivity index (χ0v) is 13.8. The third kappa shape index (κ3) is 4.87. The fraction of sp³-hybridized carbons (Fsp3) is 0.941. The first kappa shape index (κ1) is 16.6. The summed E-state index contributed by atoms with van der Waals surface area (Å²) in [5, 5.41) is 9.53. The second-order valence-corrected chi connectivity index (χ2v) is 7.80. The first-order chi connectivity index (χ1) is 9.89. The quantitative estimate of drug-likeness (QED) is 0.863. The summed E-state index contributed by atoms with van der Waals surface area (Å²) in [4.78, 5) is 14.0. The lowest BCUT2D eigenvalue weighted by molar-refractivity contribution is 0.0172. The standard InChI is InChI=1S/C17H31NO3/c1-17(2,3)21-16(20)18-11-14(10-15(18)12-19)9-8-13-6-4-5-7-13/h13-15,19H,4-12H2,1-3H3/t14?,15-/m0/s1. The van der Waals surface area contributed by atoms with Gasteiger partial charge in [-0.1, -0.05) is 32.1 Å². The van der Waals surface area contributed by atoms with Crippen LogP contribution in [0.1, 0.15) is 65.7 Å². The zero-order chi connectivity index (χ0) is 15.5. The van der Waals surface area contributed by atoms with Gasteiger partial charge in [-0.15, -0.1) is 0 Å². The predicted molar refractivity (Wildman–Crippen MR) is 83.1 cm³/mol. The molecular formula is C17H31NO3. The Labute approximate surface area is 128 Å². The fourth-order valence-electron chi connectivity index (χ4n) is 3.71. The van der Waals surface area contributed by atoms with Gasteiger partial charge in [-0.3, -0.25) is 0 Å².